The van der Waals surface area contributed by atoms with Gasteiger partial charge in [-0.05, 0) is 37.1 Å². The summed E-state index contributed by atoms with van der Waals surface area (Å²) in [6.45, 7) is 1.38. The fraction of sp³-hybridized carbons (Fsp3) is 0.391. The van der Waals surface area contributed by atoms with Gasteiger partial charge in [-0.25, -0.2) is 22.3 Å². The van der Waals surface area contributed by atoms with E-state index < -0.39 is 79.1 Å². The molecule has 0 bridgehead atoms. The molecule has 2 aromatic rings. The Labute approximate surface area is 224 Å². The van der Waals surface area contributed by atoms with Crippen molar-refractivity contribution in [3.63, 3.8) is 0 Å². The van der Waals surface area contributed by atoms with Gasteiger partial charge in [0.05, 0.1) is 28.8 Å². The summed E-state index contributed by atoms with van der Waals surface area (Å²) >= 11 is 11.4. The average molecular weight is 600 g/mol. The second-order valence-electron chi connectivity index (χ2n) is 9.64. The van der Waals surface area contributed by atoms with E-state index >= 15 is 4.39 Å². The largest absolute Gasteiger partial charge is 0.435 e. The van der Waals surface area contributed by atoms with E-state index in [1.807, 2.05) is 0 Å². The molecule has 7 nitrogen and oxygen atoms in total. The van der Waals surface area contributed by atoms with Crippen LogP contribution in [0.5, 0.6) is 0 Å². The molecule has 1 unspecified atom stereocenters. The number of benzene rings is 2. The van der Waals surface area contributed by atoms with Crippen LogP contribution in [0.2, 0.25) is 10.0 Å². The van der Waals surface area contributed by atoms with Crippen LogP contribution < -0.4 is 5.14 Å². The van der Waals surface area contributed by atoms with E-state index in [4.69, 9.17) is 33.2 Å². The highest BCUT2D eigenvalue weighted by molar-refractivity contribution is 7.91. The summed E-state index contributed by atoms with van der Waals surface area (Å²) < 4.78 is 93.2. The van der Waals surface area contributed by atoms with Gasteiger partial charge in [0, 0.05) is 12.0 Å². The molecule has 2 aromatic carbocycles. The number of hydrogen-bond acceptors (Lipinski definition) is 5. The van der Waals surface area contributed by atoms with Gasteiger partial charge in [0.1, 0.15) is 0 Å². The lowest BCUT2D eigenvalue weighted by Crippen LogP contribution is -2.64. The van der Waals surface area contributed by atoms with Crippen LogP contribution in [0.25, 0.3) is 0 Å². The van der Waals surface area contributed by atoms with Gasteiger partial charge in [-0.1, -0.05) is 52.6 Å². The van der Waals surface area contributed by atoms with Gasteiger partial charge in [0.25, 0.3) is 5.60 Å². The van der Waals surface area contributed by atoms with E-state index in [9.17, 15) is 30.8 Å². The van der Waals surface area contributed by atoms with Crippen molar-refractivity contribution in [3.8, 4) is 0 Å². The lowest BCUT2D eigenvalue weighted by molar-refractivity contribution is -0.275. The van der Waals surface area contributed by atoms with E-state index in [-0.39, 0.29) is 16.8 Å². The number of amides is 1. The molecule has 1 amide bonds. The minimum Gasteiger partial charge on any atom is -0.374 e. The van der Waals surface area contributed by atoms with Crippen molar-refractivity contribution in [3.05, 3.63) is 69.0 Å². The molecule has 38 heavy (non-hydrogen) atoms. The van der Waals surface area contributed by atoms with Crippen molar-refractivity contribution in [2.75, 3.05) is 13.1 Å². The first-order valence-corrected chi connectivity index (χ1v) is 13.2. The predicted octanol–water partition coefficient (Wildman–Crippen LogP) is 4.79. The Morgan fingerprint density at radius 1 is 1.08 bits per heavy atom. The Morgan fingerprint density at radius 2 is 1.61 bits per heavy atom. The zero-order chi connectivity index (χ0) is 28.5. The van der Waals surface area contributed by atoms with Crippen LogP contribution in [0.3, 0.4) is 0 Å². The Balaban J connectivity index is 1.53. The molecule has 0 aliphatic carbocycles. The number of nitrogens with zero attached hydrogens (tertiary/aromatic N) is 2. The summed E-state index contributed by atoms with van der Waals surface area (Å²) in [5.74, 6) is -1.93. The van der Waals surface area contributed by atoms with Gasteiger partial charge in [0.2, 0.25) is 15.9 Å². The van der Waals surface area contributed by atoms with Crippen molar-refractivity contribution in [2.24, 2.45) is 10.3 Å². The number of primary sulfonamides is 1. The van der Waals surface area contributed by atoms with E-state index in [1.54, 1.807) is 0 Å². The smallest absolute Gasteiger partial charge is 0.374 e. The van der Waals surface area contributed by atoms with E-state index in [1.165, 1.54) is 24.3 Å². The molecule has 0 radical (unpaired) electrons. The highest BCUT2D eigenvalue weighted by atomic mass is 35.5. The van der Waals surface area contributed by atoms with Crippen LogP contribution in [0.1, 0.15) is 37.0 Å². The molecule has 2 aliphatic heterocycles. The number of hydrogen-bond donors (Lipinski definition) is 1. The number of carbonyl (C=O) groups is 1. The second kappa shape index (κ2) is 9.04. The van der Waals surface area contributed by atoms with Gasteiger partial charge >= 0.3 is 6.18 Å². The first-order chi connectivity index (χ1) is 17.3. The van der Waals surface area contributed by atoms with Crippen molar-refractivity contribution in [2.45, 2.75) is 42.5 Å². The average Bonchev–Trinajstić information content (AvgIpc) is 3.26. The van der Waals surface area contributed by atoms with Crippen LogP contribution in [-0.2, 0) is 30.9 Å². The zero-order valence-electron chi connectivity index (χ0n) is 19.7. The lowest BCUT2D eigenvalue weighted by atomic mass is 9.84. The van der Waals surface area contributed by atoms with Crippen molar-refractivity contribution in [1.29, 1.82) is 0 Å². The standard InChI is InChI=1S/C23H20Cl2F5N3O4S/c1-20(2,38(31,35)36)19(34)33-10-21(27,11-33)13-5-3-12(4-6-13)17-9-22(37-32-17,23(28,29)30)14-7-15(24)18(26)16(25)8-14/h3-8H,9-11H2,1-2H3,(H2,31,35,36). The van der Waals surface area contributed by atoms with Crippen LogP contribution in [-0.4, -0.2) is 48.9 Å². The minimum absolute atomic E-state index is 0.112. The predicted molar refractivity (Wildman–Crippen MR) is 129 cm³/mol. The fourth-order valence-electron chi connectivity index (χ4n) is 4.20. The maximum Gasteiger partial charge on any atom is 0.435 e. The molecule has 15 heteroatoms. The normalized spacial score (nSPS) is 21.5. The zero-order valence-corrected chi connectivity index (χ0v) is 22.1. The Bertz CT molecular complexity index is 1420. The minimum atomic E-state index is -4.99. The first-order valence-electron chi connectivity index (χ1n) is 10.9. The summed E-state index contributed by atoms with van der Waals surface area (Å²) in [7, 11) is -4.24. The number of alkyl halides is 4. The highest BCUT2D eigenvalue weighted by Crippen LogP contribution is 2.50. The van der Waals surface area contributed by atoms with E-state index in [0.717, 1.165) is 30.9 Å². The third kappa shape index (κ3) is 4.52. The summed E-state index contributed by atoms with van der Waals surface area (Å²) in [5, 5.41) is 7.46. The summed E-state index contributed by atoms with van der Waals surface area (Å²) in [5.41, 5.74) is -5.31. The van der Waals surface area contributed by atoms with Crippen LogP contribution in [0.4, 0.5) is 22.0 Å². The number of nitrogens with two attached hydrogens (primary N) is 1. The lowest BCUT2D eigenvalue weighted by Gasteiger charge is -2.46. The molecule has 206 valence electrons. The number of carbonyl (C=O) groups excluding carboxylic acids is 1. The molecule has 0 saturated carbocycles. The Morgan fingerprint density at radius 3 is 2.08 bits per heavy atom. The molecule has 1 saturated heterocycles. The fourth-order valence-corrected chi connectivity index (χ4v) is 5.06. The molecule has 2 aliphatic rings. The van der Waals surface area contributed by atoms with Gasteiger partial charge in [0.15, 0.2) is 16.2 Å². The summed E-state index contributed by atoms with van der Waals surface area (Å²) in [6.07, 6.45) is -5.78. The number of oxime groups is 1. The van der Waals surface area contributed by atoms with Crippen LogP contribution in [0.15, 0.2) is 41.6 Å². The number of sulfonamides is 1. The van der Waals surface area contributed by atoms with Gasteiger partial charge in [-0.15, -0.1) is 0 Å². The van der Waals surface area contributed by atoms with Gasteiger partial charge < -0.3 is 9.74 Å². The molecule has 1 atom stereocenters. The quantitative estimate of drug-likeness (QED) is 0.394. The van der Waals surface area contributed by atoms with Gasteiger partial charge in [-0.2, -0.15) is 13.2 Å². The molecule has 2 heterocycles. The highest BCUT2D eigenvalue weighted by Gasteiger charge is 2.62. The topological polar surface area (TPSA) is 102 Å². The Kier molecular flexibility index (Phi) is 6.78. The molecule has 0 aromatic heterocycles. The van der Waals surface area contributed by atoms with Crippen LogP contribution >= 0.6 is 23.2 Å². The maximum absolute atomic E-state index is 15.4. The molecule has 1 fully saturated rings. The molecular weight excluding hydrogens is 580 g/mol. The second-order valence-corrected chi connectivity index (χ2v) is 12.6. The first kappa shape index (κ1) is 28.5. The number of rotatable bonds is 5. The molecule has 4 rings (SSSR count). The molecular formula is C23H20Cl2F5N3O4S. The summed E-state index contributed by atoms with van der Waals surface area (Å²) in [4.78, 5) is 18.4. The van der Waals surface area contributed by atoms with Crippen molar-refractivity contribution in [1.82, 2.24) is 4.90 Å². The SMILES string of the molecule is CC(C)(C(=O)N1CC(F)(c2ccc(C3=NOC(c4cc(Cl)c(F)c(Cl)c4)(C(F)(F)F)C3)cc2)C1)S(N)(=O)=O. The molecule has 0 spiro atoms. The number of halogens is 7. The van der Waals surface area contributed by atoms with E-state index in [2.05, 4.69) is 5.16 Å². The van der Waals surface area contributed by atoms with Crippen LogP contribution in [0, 0.1) is 5.82 Å². The molecule has 2 N–H and O–H groups in total. The monoisotopic (exact) mass is 599 g/mol. The van der Waals surface area contributed by atoms with Crippen molar-refractivity contribution < 1.29 is 40.0 Å². The van der Waals surface area contributed by atoms with E-state index in [0.29, 0.717) is 0 Å². The maximum atomic E-state index is 15.4. The third-order valence-electron chi connectivity index (χ3n) is 6.77. The summed E-state index contributed by atoms with van der Waals surface area (Å²) in [6, 6.07) is 6.87. The van der Waals surface area contributed by atoms with Gasteiger partial charge in [-0.3, -0.25) is 4.79 Å². The number of likely N-dealkylation sites (tertiary alicyclic amines) is 1. The third-order valence-corrected chi connectivity index (χ3v) is 8.92. The Hall–Kier alpha value is -2.48. The van der Waals surface area contributed by atoms with Crippen molar-refractivity contribution >= 4 is 44.8 Å².